The molecular weight excluding hydrogens is 515 g/mol. The molecule has 0 amide bonds. The third-order valence-electron chi connectivity index (χ3n) is 5.87. The van der Waals surface area contributed by atoms with Gasteiger partial charge in [0.15, 0.2) is 6.61 Å². The van der Waals surface area contributed by atoms with Gasteiger partial charge in [0, 0.05) is 22.7 Å². The summed E-state index contributed by atoms with van der Waals surface area (Å²) in [7, 11) is 0.783. The quantitative estimate of drug-likeness (QED) is 0.242. The monoisotopic (exact) mass is 543 g/mol. The van der Waals surface area contributed by atoms with Gasteiger partial charge in [-0.25, -0.2) is 4.79 Å². The van der Waals surface area contributed by atoms with Crippen LogP contribution in [0.25, 0.3) is 5.57 Å². The molecule has 0 saturated heterocycles. The normalized spacial score (nSPS) is 13.5. The lowest BCUT2D eigenvalue weighted by Gasteiger charge is -2.25. The van der Waals surface area contributed by atoms with E-state index in [1.807, 2.05) is 0 Å². The molecule has 1 aliphatic rings. The van der Waals surface area contributed by atoms with Crippen LogP contribution in [0.5, 0.6) is 5.75 Å². The van der Waals surface area contributed by atoms with Crippen LogP contribution in [0.3, 0.4) is 0 Å². The molecule has 0 bridgehead atoms. The molecule has 2 aromatic rings. The third kappa shape index (κ3) is 6.92. The fourth-order valence-corrected chi connectivity index (χ4v) is 3.95. The number of anilines is 1. The van der Waals surface area contributed by atoms with Crippen molar-refractivity contribution in [3.8, 4) is 5.75 Å². The van der Waals surface area contributed by atoms with Crippen molar-refractivity contribution < 1.29 is 42.0 Å². The summed E-state index contributed by atoms with van der Waals surface area (Å²) in [6, 6.07) is 7.85. The number of benzene rings is 1. The van der Waals surface area contributed by atoms with Crippen LogP contribution in [0, 0.1) is 6.92 Å². The number of allylic oxidation sites excluding steroid dienone is 2. The van der Waals surface area contributed by atoms with Crippen LogP contribution in [0.15, 0.2) is 53.2 Å². The predicted molar refractivity (Wildman–Crippen MR) is 141 cm³/mol. The van der Waals surface area contributed by atoms with Gasteiger partial charge in [0.2, 0.25) is 0 Å². The minimum Gasteiger partial charge on any atom is -0.480 e. The molecule has 0 unspecified atom stereocenters. The Balaban J connectivity index is 2.23. The summed E-state index contributed by atoms with van der Waals surface area (Å²) in [4.78, 5) is 42.0. The lowest BCUT2D eigenvalue weighted by molar-refractivity contribution is -0.143. The van der Waals surface area contributed by atoms with Crippen LogP contribution in [-0.4, -0.2) is 76.5 Å². The van der Waals surface area contributed by atoms with Crippen molar-refractivity contribution in [3.63, 3.8) is 0 Å². The van der Waals surface area contributed by atoms with Crippen molar-refractivity contribution in [1.29, 1.82) is 0 Å². The fraction of sp³-hybridized carbons (Fsp3) is 0.308. The molecule has 1 aromatic carbocycles. The second-order valence-corrected chi connectivity index (χ2v) is 8.41. The zero-order valence-electron chi connectivity index (χ0n) is 22.2. The molecule has 3 rings (SSSR count). The summed E-state index contributed by atoms with van der Waals surface area (Å²) in [6.07, 6.45) is 3.47. The van der Waals surface area contributed by atoms with E-state index in [1.54, 1.807) is 50.3 Å². The molecular formula is C26H28BF2N3O7. The molecule has 0 saturated carbocycles. The van der Waals surface area contributed by atoms with Crippen LogP contribution >= 0.6 is 0 Å². The molecule has 0 fully saturated rings. The number of aryl methyl sites for hydroxylation is 1. The standard InChI is InChI=1S/C26H28BF2N3O7/c1-16-6-9-19(30-16)26(21-10-7-17(2)32(21)27(28)29)18-8-11-20(22(12-18)39-15-25(35)38-5)31(13-23(33)36-3)14-24(34)37-4/h6-12H,13-15H2,1-5H3/b26-19-. The van der Waals surface area contributed by atoms with Gasteiger partial charge < -0.3 is 28.3 Å². The van der Waals surface area contributed by atoms with E-state index in [0.717, 1.165) is 4.48 Å². The van der Waals surface area contributed by atoms with Crippen molar-refractivity contribution >= 4 is 42.3 Å². The SMILES string of the molecule is COC(=O)COc1cc(/C(=C2\C=CC(C)=N2)c2ccc(C)n2B(F)F)ccc1N(CC(=O)OC)CC(=O)OC. The highest BCUT2D eigenvalue weighted by atomic mass is 19.2. The number of hydrogen-bond donors (Lipinski definition) is 0. The zero-order chi connectivity index (χ0) is 28.7. The van der Waals surface area contributed by atoms with Gasteiger partial charge >= 0.3 is 25.3 Å². The average molecular weight is 543 g/mol. The van der Waals surface area contributed by atoms with E-state index in [1.165, 1.54) is 32.3 Å². The minimum absolute atomic E-state index is 0.0818. The van der Waals surface area contributed by atoms with Crippen LogP contribution in [0.2, 0.25) is 0 Å². The van der Waals surface area contributed by atoms with E-state index in [2.05, 4.69) is 9.73 Å². The maximum Gasteiger partial charge on any atom is 0.677 e. The van der Waals surface area contributed by atoms with Crippen molar-refractivity contribution in [2.75, 3.05) is 45.9 Å². The number of carbonyl (C=O) groups is 3. The van der Waals surface area contributed by atoms with Crippen LogP contribution in [0.1, 0.15) is 23.9 Å². The van der Waals surface area contributed by atoms with Crippen LogP contribution in [0.4, 0.5) is 14.3 Å². The number of esters is 3. The second-order valence-electron chi connectivity index (χ2n) is 8.41. The van der Waals surface area contributed by atoms with E-state index >= 15 is 0 Å². The van der Waals surface area contributed by atoms with E-state index in [4.69, 9.17) is 14.2 Å². The number of hydrogen-bond acceptors (Lipinski definition) is 9. The Bertz CT molecular complexity index is 1330. The maximum absolute atomic E-state index is 14.1. The molecule has 13 heteroatoms. The lowest BCUT2D eigenvalue weighted by Crippen LogP contribution is -2.36. The number of aliphatic imine (C=N–C) groups is 1. The van der Waals surface area contributed by atoms with Crippen LogP contribution in [-0.2, 0) is 28.6 Å². The van der Waals surface area contributed by atoms with Crippen LogP contribution < -0.4 is 9.64 Å². The average Bonchev–Trinajstić information content (AvgIpc) is 3.52. The van der Waals surface area contributed by atoms with Gasteiger partial charge in [-0.05, 0) is 55.8 Å². The summed E-state index contributed by atoms with van der Waals surface area (Å²) < 4.78 is 49.0. The Morgan fingerprint density at radius 2 is 1.56 bits per heavy atom. The topological polar surface area (TPSA) is 109 Å². The second kappa shape index (κ2) is 12.9. The lowest BCUT2D eigenvalue weighted by atomic mass is 9.97. The van der Waals surface area contributed by atoms with Gasteiger partial charge in [0.25, 0.3) is 0 Å². The minimum atomic E-state index is -2.81. The van der Waals surface area contributed by atoms with Gasteiger partial charge in [-0.3, -0.25) is 23.2 Å². The fourth-order valence-electron chi connectivity index (χ4n) is 3.95. The van der Waals surface area contributed by atoms with E-state index in [0.29, 0.717) is 28.2 Å². The van der Waals surface area contributed by atoms with Gasteiger partial charge in [-0.1, -0.05) is 6.07 Å². The Labute approximate surface area is 224 Å². The molecule has 1 aromatic heterocycles. The maximum atomic E-state index is 14.1. The number of methoxy groups -OCH3 is 3. The molecule has 10 nitrogen and oxygen atoms in total. The van der Waals surface area contributed by atoms with Crippen molar-refractivity contribution in [3.05, 3.63) is 65.1 Å². The predicted octanol–water partition coefficient (Wildman–Crippen LogP) is 3.06. The molecule has 0 N–H and O–H groups in total. The number of carbonyl (C=O) groups excluding carboxylic acids is 3. The van der Waals surface area contributed by atoms with Crippen molar-refractivity contribution in [1.82, 2.24) is 4.48 Å². The van der Waals surface area contributed by atoms with E-state index in [9.17, 15) is 23.0 Å². The molecule has 2 heterocycles. The van der Waals surface area contributed by atoms with Crippen molar-refractivity contribution in [2.45, 2.75) is 13.8 Å². The van der Waals surface area contributed by atoms with Gasteiger partial charge in [-0.2, -0.15) is 0 Å². The number of aromatic nitrogens is 1. The first-order chi connectivity index (χ1) is 18.6. The van der Waals surface area contributed by atoms with Crippen molar-refractivity contribution in [2.24, 2.45) is 4.99 Å². The molecule has 39 heavy (non-hydrogen) atoms. The summed E-state index contributed by atoms with van der Waals surface area (Å²) in [5, 5.41) is 0. The largest absolute Gasteiger partial charge is 0.677 e. The Morgan fingerprint density at radius 3 is 2.10 bits per heavy atom. The number of halogens is 2. The van der Waals surface area contributed by atoms with E-state index < -0.39 is 31.9 Å². The summed E-state index contributed by atoms with van der Waals surface area (Å²) >= 11 is 0. The number of nitrogens with zero attached hydrogens (tertiary/aromatic N) is 3. The molecule has 0 atom stereocenters. The summed E-state index contributed by atoms with van der Waals surface area (Å²) in [6.45, 7) is 2.18. The Hall–Kier alpha value is -4.42. The third-order valence-corrected chi connectivity index (χ3v) is 5.87. The Kier molecular flexibility index (Phi) is 9.64. The van der Waals surface area contributed by atoms with Gasteiger partial charge in [0.1, 0.15) is 18.8 Å². The van der Waals surface area contributed by atoms with Gasteiger partial charge in [-0.15, -0.1) is 0 Å². The highest BCUT2D eigenvalue weighted by Gasteiger charge is 2.28. The molecule has 0 spiro atoms. The number of rotatable bonds is 11. The number of ether oxygens (including phenoxy) is 4. The molecule has 206 valence electrons. The first-order valence-electron chi connectivity index (χ1n) is 11.8. The van der Waals surface area contributed by atoms with E-state index in [-0.39, 0.29) is 30.2 Å². The summed E-state index contributed by atoms with van der Waals surface area (Å²) in [5.41, 5.74) is 2.78. The van der Waals surface area contributed by atoms with Gasteiger partial charge in [0.05, 0.1) is 32.7 Å². The highest BCUT2D eigenvalue weighted by Crippen LogP contribution is 2.37. The zero-order valence-corrected chi connectivity index (χ0v) is 22.2. The molecule has 0 radical (unpaired) electrons. The Morgan fingerprint density at radius 1 is 0.923 bits per heavy atom. The smallest absolute Gasteiger partial charge is 0.480 e. The molecule has 0 aliphatic carbocycles. The highest BCUT2D eigenvalue weighted by molar-refractivity contribution is 6.41. The first kappa shape index (κ1) is 29.1. The molecule has 1 aliphatic heterocycles. The summed E-state index contributed by atoms with van der Waals surface area (Å²) in [5.74, 6) is -1.89. The first-order valence-corrected chi connectivity index (χ1v) is 11.8.